The average molecular weight is 299 g/mol. The normalized spacial score (nSPS) is 11.6. The zero-order valence-corrected chi connectivity index (χ0v) is 10.1. The average Bonchev–Trinajstić information content (AvgIpc) is 2.13. The lowest BCUT2D eigenvalue weighted by molar-refractivity contribution is -0.325. The lowest BCUT2D eigenvalue weighted by Gasteiger charge is -2.10. The van der Waals surface area contributed by atoms with E-state index < -0.39 is 13.0 Å². The Bertz CT molecular complexity index is 352. The van der Waals surface area contributed by atoms with E-state index in [1.165, 1.54) is 0 Å². The zero-order chi connectivity index (χ0) is 12.2. The first-order valence-electron chi connectivity index (χ1n) is 4.48. The van der Waals surface area contributed by atoms with E-state index in [1.54, 1.807) is 6.07 Å². The molecule has 0 aliphatic rings. The monoisotopic (exact) mass is 298 g/mol. The molecule has 0 unspecified atom stereocenters. The van der Waals surface area contributed by atoms with Crippen LogP contribution in [0.25, 0.3) is 0 Å². The van der Waals surface area contributed by atoms with Crippen LogP contribution < -0.4 is 4.74 Å². The summed E-state index contributed by atoms with van der Waals surface area (Å²) in [7, 11) is 0. The molecule has 0 amide bonds. The molecule has 0 N–H and O–H groups in total. The maximum Gasteiger partial charge on any atom is 0.522 e. The van der Waals surface area contributed by atoms with E-state index in [-0.39, 0.29) is 6.61 Å². The van der Waals surface area contributed by atoms with Crippen LogP contribution in [0.15, 0.2) is 22.7 Å². The van der Waals surface area contributed by atoms with E-state index >= 15 is 0 Å². The SMILES string of the molecule is Cc1ccc(OCCOC(F)(F)F)c(Br)c1. The van der Waals surface area contributed by atoms with E-state index in [4.69, 9.17) is 4.74 Å². The first-order chi connectivity index (χ1) is 7.38. The molecule has 1 rings (SSSR count). The molecule has 0 radical (unpaired) electrons. The molecule has 1 aromatic carbocycles. The van der Waals surface area contributed by atoms with Crippen molar-refractivity contribution < 1.29 is 22.6 Å². The van der Waals surface area contributed by atoms with Gasteiger partial charge in [0.05, 0.1) is 11.1 Å². The van der Waals surface area contributed by atoms with Crippen LogP contribution in [0.2, 0.25) is 0 Å². The van der Waals surface area contributed by atoms with Crippen molar-refractivity contribution in [3.05, 3.63) is 28.2 Å². The van der Waals surface area contributed by atoms with Crippen molar-refractivity contribution in [1.82, 2.24) is 0 Å². The summed E-state index contributed by atoms with van der Waals surface area (Å²) in [5.74, 6) is 0.497. The topological polar surface area (TPSA) is 18.5 Å². The molecular formula is C10H10BrF3O2. The molecule has 0 spiro atoms. The lowest BCUT2D eigenvalue weighted by atomic mass is 10.2. The summed E-state index contributed by atoms with van der Waals surface area (Å²) in [6.07, 6.45) is -4.60. The fourth-order valence-electron chi connectivity index (χ4n) is 1.03. The van der Waals surface area contributed by atoms with Crippen LogP contribution in [0.4, 0.5) is 13.2 Å². The first-order valence-corrected chi connectivity index (χ1v) is 5.27. The van der Waals surface area contributed by atoms with Crippen molar-refractivity contribution >= 4 is 15.9 Å². The Balaban J connectivity index is 2.38. The van der Waals surface area contributed by atoms with Gasteiger partial charge in [-0.2, -0.15) is 0 Å². The molecule has 0 atom stereocenters. The van der Waals surface area contributed by atoms with Crippen molar-refractivity contribution in [3.8, 4) is 5.75 Å². The minimum Gasteiger partial charge on any atom is -0.490 e. The summed E-state index contributed by atoms with van der Waals surface area (Å²) < 4.78 is 44.3. The minimum absolute atomic E-state index is 0.152. The van der Waals surface area contributed by atoms with Crippen molar-refractivity contribution in [3.63, 3.8) is 0 Å². The molecule has 0 heterocycles. The van der Waals surface area contributed by atoms with Crippen LogP contribution in [-0.4, -0.2) is 19.6 Å². The van der Waals surface area contributed by atoms with E-state index in [0.717, 1.165) is 5.56 Å². The third kappa shape index (κ3) is 4.85. The number of hydrogen-bond donors (Lipinski definition) is 0. The van der Waals surface area contributed by atoms with Gasteiger partial charge in [0.2, 0.25) is 0 Å². The highest BCUT2D eigenvalue weighted by Gasteiger charge is 2.28. The largest absolute Gasteiger partial charge is 0.522 e. The molecule has 0 aromatic heterocycles. The van der Waals surface area contributed by atoms with Crippen LogP contribution in [-0.2, 0) is 4.74 Å². The summed E-state index contributed by atoms with van der Waals surface area (Å²) in [6.45, 7) is 1.23. The quantitative estimate of drug-likeness (QED) is 0.790. The van der Waals surface area contributed by atoms with Crippen molar-refractivity contribution in [2.75, 3.05) is 13.2 Å². The smallest absolute Gasteiger partial charge is 0.490 e. The van der Waals surface area contributed by atoms with E-state index in [1.807, 2.05) is 19.1 Å². The van der Waals surface area contributed by atoms with Gasteiger partial charge in [0.25, 0.3) is 0 Å². The van der Waals surface area contributed by atoms with Gasteiger partial charge in [-0.15, -0.1) is 13.2 Å². The van der Waals surface area contributed by atoms with Gasteiger partial charge in [0, 0.05) is 0 Å². The number of hydrogen-bond acceptors (Lipinski definition) is 2. The fourth-order valence-corrected chi connectivity index (χ4v) is 1.64. The highest BCUT2D eigenvalue weighted by atomic mass is 79.9. The van der Waals surface area contributed by atoms with Crippen molar-refractivity contribution in [2.24, 2.45) is 0 Å². The highest BCUT2D eigenvalue weighted by Crippen LogP contribution is 2.25. The molecule has 0 aliphatic carbocycles. The Morgan fingerprint density at radius 3 is 2.50 bits per heavy atom. The predicted molar refractivity (Wildman–Crippen MR) is 56.4 cm³/mol. The van der Waals surface area contributed by atoms with E-state index in [2.05, 4.69) is 20.7 Å². The van der Waals surface area contributed by atoms with Crippen LogP contribution in [0.3, 0.4) is 0 Å². The molecular weight excluding hydrogens is 289 g/mol. The zero-order valence-electron chi connectivity index (χ0n) is 8.47. The van der Waals surface area contributed by atoms with Crippen LogP contribution in [0.1, 0.15) is 5.56 Å². The van der Waals surface area contributed by atoms with E-state index in [9.17, 15) is 13.2 Å². The maximum absolute atomic E-state index is 11.6. The number of alkyl halides is 3. The summed E-state index contributed by atoms with van der Waals surface area (Å²) in [6, 6.07) is 5.32. The van der Waals surface area contributed by atoms with Gasteiger partial charge in [-0.3, -0.25) is 4.74 Å². The molecule has 0 aliphatic heterocycles. The van der Waals surface area contributed by atoms with E-state index in [0.29, 0.717) is 10.2 Å². The summed E-state index contributed by atoms with van der Waals surface area (Å²) in [4.78, 5) is 0. The Labute approximate surface area is 99.5 Å². The second kappa shape index (κ2) is 5.54. The highest BCUT2D eigenvalue weighted by molar-refractivity contribution is 9.10. The van der Waals surface area contributed by atoms with Gasteiger partial charge >= 0.3 is 6.36 Å². The number of rotatable bonds is 4. The molecule has 0 saturated carbocycles. The second-order valence-corrected chi connectivity index (χ2v) is 3.93. The third-order valence-corrected chi connectivity index (χ3v) is 2.31. The van der Waals surface area contributed by atoms with Crippen LogP contribution >= 0.6 is 15.9 Å². The summed E-state index contributed by atoms with van der Waals surface area (Å²) >= 11 is 3.25. The second-order valence-electron chi connectivity index (χ2n) is 3.08. The first kappa shape index (κ1) is 13.3. The molecule has 6 heteroatoms. The van der Waals surface area contributed by atoms with Gasteiger partial charge in [-0.1, -0.05) is 6.07 Å². The Hall–Kier alpha value is -0.750. The lowest BCUT2D eigenvalue weighted by Crippen LogP contribution is -2.18. The minimum atomic E-state index is -4.60. The molecule has 0 saturated heterocycles. The fraction of sp³-hybridized carbons (Fsp3) is 0.400. The summed E-state index contributed by atoms with van der Waals surface area (Å²) in [5, 5.41) is 0. The molecule has 16 heavy (non-hydrogen) atoms. The molecule has 0 fully saturated rings. The number of ether oxygens (including phenoxy) is 2. The van der Waals surface area contributed by atoms with Crippen LogP contribution in [0, 0.1) is 6.92 Å². The summed E-state index contributed by atoms with van der Waals surface area (Å²) in [5.41, 5.74) is 1.03. The molecule has 90 valence electrons. The van der Waals surface area contributed by atoms with Crippen molar-refractivity contribution in [1.29, 1.82) is 0 Å². The Morgan fingerprint density at radius 1 is 1.25 bits per heavy atom. The van der Waals surface area contributed by atoms with Gasteiger partial charge in [0.1, 0.15) is 12.4 Å². The van der Waals surface area contributed by atoms with Gasteiger partial charge in [-0.05, 0) is 40.5 Å². The van der Waals surface area contributed by atoms with Crippen LogP contribution in [0.5, 0.6) is 5.75 Å². The molecule has 2 nitrogen and oxygen atoms in total. The van der Waals surface area contributed by atoms with Gasteiger partial charge in [-0.25, -0.2) is 0 Å². The Kier molecular flexibility index (Phi) is 4.61. The number of benzene rings is 1. The Morgan fingerprint density at radius 2 is 1.94 bits per heavy atom. The molecule has 0 bridgehead atoms. The number of halogens is 4. The van der Waals surface area contributed by atoms with Crippen molar-refractivity contribution in [2.45, 2.75) is 13.3 Å². The third-order valence-electron chi connectivity index (χ3n) is 1.69. The predicted octanol–water partition coefficient (Wildman–Crippen LogP) is 3.67. The standard InChI is InChI=1S/C10H10BrF3O2/c1-7-2-3-9(8(11)6-7)15-4-5-16-10(12,13)14/h2-3,6H,4-5H2,1H3. The molecule has 1 aromatic rings. The van der Waals surface area contributed by atoms with Gasteiger partial charge in [0.15, 0.2) is 0 Å². The maximum atomic E-state index is 11.6. The van der Waals surface area contributed by atoms with Gasteiger partial charge < -0.3 is 4.74 Å². The number of aryl methyl sites for hydroxylation is 1.